The Bertz CT molecular complexity index is 352. The third-order valence-electron chi connectivity index (χ3n) is 3.16. The van der Waals surface area contributed by atoms with E-state index in [9.17, 15) is 4.79 Å². The van der Waals surface area contributed by atoms with Crippen molar-refractivity contribution in [2.24, 2.45) is 5.92 Å². The summed E-state index contributed by atoms with van der Waals surface area (Å²) in [5.41, 5.74) is 0.486. The molecule has 0 spiro atoms. The second kappa shape index (κ2) is 7.66. The minimum Gasteiger partial charge on any atom is -0.337 e. The van der Waals surface area contributed by atoms with Crippen molar-refractivity contribution in [2.75, 3.05) is 26.2 Å². The molecule has 1 aromatic heterocycles. The van der Waals surface area contributed by atoms with Gasteiger partial charge in [0.15, 0.2) is 5.69 Å². The third-order valence-corrected chi connectivity index (χ3v) is 3.67. The molecule has 0 atom stereocenters. The van der Waals surface area contributed by atoms with E-state index < -0.39 is 0 Å². The fraction of sp³-hybridized carbons (Fsp3) is 0.727. The number of carbonyl (C=O) groups is 1. The molecule has 1 fully saturated rings. The summed E-state index contributed by atoms with van der Waals surface area (Å²) in [6.45, 7) is 5.88. The Labute approximate surface area is 118 Å². The first kappa shape index (κ1) is 15.3. The van der Waals surface area contributed by atoms with Gasteiger partial charge in [-0.05, 0) is 43.4 Å². The van der Waals surface area contributed by atoms with Crippen molar-refractivity contribution in [3.8, 4) is 0 Å². The molecule has 1 amide bonds. The molecular weight excluding hydrogens is 272 g/mol. The highest BCUT2D eigenvalue weighted by Gasteiger charge is 2.24. The summed E-state index contributed by atoms with van der Waals surface area (Å²) in [7, 11) is 0. The van der Waals surface area contributed by atoms with Gasteiger partial charge in [-0.25, -0.2) is 0 Å². The Hall–Kier alpha value is -0.720. The van der Waals surface area contributed by atoms with Gasteiger partial charge in [-0.3, -0.25) is 4.79 Å². The highest BCUT2D eigenvalue weighted by molar-refractivity contribution is 7.03. The van der Waals surface area contributed by atoms with E-state index in [1.807, 2.05) is 4.90 Å². The zero-order valence-electron chi connectivity index (χ0n) is 10.5. The summed E-state index contributed by atoms with van der Waals surface area (Å²) in [5.74, 6) is 0.730. The molecule has 0 radical (unpaired) electrons. The van der Waals surface area contributed by atoms with Gasteiger partial charge in [0.1, 0.15) is 0 Å². The van der Waals surface area contributed by atoms with Gasteiger partial charge >= 0.3 is 0 Å². The second-order valence-electron chi connectivity index (χ2n) is 4.33. The summed E-state index contributed by atoms with van der Waals surface area (Å²) in [4.78, 5) is 13.9. The van der Waals surface area contributed by atoms with Crippen LogP contribution in [-0.2, 0) is 0 Å². The average molecular weight is 291 g/mol. The van der Waals surface area contributed by atoms with Crippen molar-refractivity contribution < 1.29 is 4.79 Å². The van der Waals surface area contributed by atoms with Crippen molar-refractivity contribution in [3.05, 3.63) is 11.1 Å². The minimum absolute atomic E-state index is 0. The number of rotatable bonds is 4. The number of nitrogens with zero attached hydrogens (tertiary/aromatic N) is 3. The molecule has 2 heterocycles. The number of carbonyl (C=O) groups excluding carboxylic acids is 1. The number of amides is 1. The third kappa shape index (κ3) is 3.90. The number of halogens is 1. The molecule has 0 aromatic carbocycles. The molecule has 18 heavy (non-hydrogen) atoms. The topological polar surface area (TPSA) is 58.1 Å². The maximum atomic E-state index is 12.0. The van der Waals surface area contributed by atoms with Crippen LogP contribution in [0.25, 0.3) is 0 Å². The maximum absolute atomic E-state index is 12.0. The molecule has 1 aliphatic heterocycles. The molecule has 0 bridgehead atoms. The van der Waals surface area contributed by atoms with Crippen molar-refractivity contribution in [1.82, 2.24) is 19.8 Å². The van der Waals surface area contributed by atoms with Gasteiger partial charge in [-0.2, -0.15) is 0 Å². The largest absolute Gasteiger partial charge is 0.337 e. The number of likely N-dealkylation sites (tertiary alicyclic amines) is 1. The Balaban J connectivity index is 0.00000162. The molecule has 0 unspecified atom stereocenters. The van der Waals surface area contributed by atoms with Crippen LogP contribution < -0.4 is 5.32 Å². The lowest BCUT2D eigenvalue weighted by Gasteiger charge is -2.31. The van der Waals surface area contributed by atoms with E-state index in [0.29, 0.717) is 11.6 Å². The normalized spacial score (nSPS) is 16.4. The van der Waals surface area contributed by atoms with Crippen LogP contribution in [0, 0.1) is 5.92 Å². The van der Waals surface area contributed by atoms with Crippen LogP contribution in [-0.4, -0.2) is 46.6 Å². The molecule has 0 aliphatic carbocycles. The summed E-state index contributed by atoms with van der Waals surface area (Å²) in [6, 6.07) is 0. The number of piperidine rings is 1. The molecule has 5 nitrogen and oxygen atoms in total. The van der Waals surface area contributed by atoms with E-state index in [4.69, 9.17) is 0 Å². The quantitative estimate of drug-likeness (QED) is 0.911. The highest BCUT2D eigenvalue weighted by Crippen LogP contribution is 2.18. The van der Waals surface area contributed by atoms with Gasteiger partial charge in [0.25, 0.3) is 5.91 Å². The van der Waals surface area contributed by atoms with Crippen LogP contribution in [0.15, 0.2) is 5.38 Å². The number of nitrogens with one attached hydrogen (secondary N) is 1. The van der Waals surface area contributed by atoms with E-state index in [1.54, 1.807) is 5.38 Å². The van der Waals surface area contributed by atoms with E-state index >= 15 is 0 Å². The van der Waals surface area contributed by atoms with Crippen molar-refractivity contribution in [1.29, 1.82) is 0 Å². The Morgan fingerprint density at radius 2 is 2.28 bits per heavy atom. The fourth-order valence-corrected chi connectivity index (χ4v) is 2.54. The lowest BCUT2D eigenvalue weighted by atomic mass is 9.96. The molecule has 1 aliphatic rings. The first-order valence-electron chi connectivity index (χ1n) is 6.08. The minimum atomic E-state index is 0. The van der Waals surface area contributed by atoms with Crippen LogP contribution in [0.5, 0.6) is 0 Å². The lowest BCUT2D eigenvalue weighted by Crippen LogP contribution is -2.40. The predicted molar refractivity (Wildman–Crippen MR) is 74.3 cm³/mol. The molecule has 2 rings (SSSR count). The monoisotopic (exact) mass is 290 g/mol. The standard InChI is InChI=1S/C11H18N4OS.ClH/c1-2-12-7-9-3-5-15(6-4-9)11(16)10-8-17-14-13-10;/h8-9,12H,2-7H2,1H3;1H. The summed E-state index contributed by atoms with van der Waals surface area (Å²) in [6.07, 6.45) is 2.16. The summed E-state index contributed by atoms with van der Waals surface area (Å²) >= 11 is 1.22. The predicted octanol–water partition coefficient (Wildman–Crippen LogP) is 1.42. The number of aromatic nitrogens is 2. The van der Waals surface area contributed by atoms with Crippen LogP contribution in [0.1, 0.15) is 30.3 Å². The van der Waals surface area contributed by atoms with Crippen molar-refractivity contribution >= 4 is 29.8 Å². The summed E-state index contributed by atoms with van der Waals surface area (Å²) in [5, 5.41) is 8.91. The van der Waals surface area contributed by atoms with Crippen LogP contribution in [0.3, 0.4) is 0 Å². The Morgan fingerprint density at radius 3 is 2.83 bits per heavy atom. The summed E-state index contributed by atoms with van der Waals surface area (Å²) < 4.78 is 3.73. The lowest BCUT2D eigenvalue weighted by molar-refractivity contribution is 0.0684. The first-order chi connectivity index (χ1) is 8.31. The van der Waals surface area contributed by atoms with Crippen molar-refractivity contribution in [3.63, 3.8) is 0 Å². The van der Waals surface area contributed by atoms with Crippen molar-refractivity contribution in [2.45, 2.75) is 19.8 Å². The number of hydrogen-bond acceptors (Lipinski definition) is 5. The SMILES string of the molecule is CCNCC1CCN(C(=O)c2csnn2)CC1.Cl. The number of hydrogen-bond donors (Lipinski definition) is 1. The highest BCUT2D eigenvalue weighted by atomic mass is 35.5. The zero-order valence-corrected chi connectivity index (χ0v) is 12.1. The van der Waals surface area contributed by atoms with Gasteiger partial charge in [-0.15, -0.1) is 17.5 Å². The Kier molecular flexibility index (Phi) is 6.52. The van der Waals surface area contributed by atoms with Crippen LogP contribution in [0.4, 0.5) is 0 Å². The molecule has 1 saturated heterocycles. The van der Waals surface area contributed by atoms with E-state index in [0.717, 1.165) is 39.0 Å². The smallest absolute Gasteiger partial charge is 0.275 e. The second-order valence-corrected chi connectivity index (χ2v) is 4.94. The zero-order chi connectivity index (χ0) is 12.1. The van der Waals surface area contributed by atoms with E-state index in [-0.39, 0.29) is 18.3 Å². The Morgan fingerprint density at radius 1 is 1.56 bits per heavy atom. The van der Waals surface area contributed by atoms with Crippen LogP contribution >= 0.6 is 23.9 Å². The van der Waals surface area contributed by atoms with E-state index in [2.05, 4.69) is 21.8 Å². The van der Waals surface area contributed by atoms with Crippen LogP contribution in [0.2, 0.25) is 0 Å². The van der Waals surface area contributed by atoms with Gasteiger partial charge in [0.2, 0.25) is 0 Å². The molecule has 0 saturated carbocycles. The van der Waals surface area contributed by atoms with Gasteiger partial charge in [0.05, 0.1) is 0 Å². The maximum Gasteiger partial charge on any atom is 0.275 e. The molecular formula is C11H19ClN4OS. The molecule has 1 aromatic rings. The van der Waals surface area contributed by atoms with Gasteiger partial charge < -0.3 is 10.2 Å². The molecule has 7 heteroatoms. The molecule has 102 valence electrons. The molecule has 1 N–H and O–H groups in total. The van der Waals surface area contributed by atoms with Gasteiger partial charge in [0, 0.05) is 18.5 Å². The first-order valence-corrected chi connectivity index (χ1v) is 6.92. The average Bonchev–Trinajstić information content (AvgIpc) is 2.90. The van der Waals surface area contributed by atoms with Gasteiger partial charge in [-0.1, -0.05) is 11.4 Å². The van der Waals surface area contributed by atoms with E-state index in [1.165, 1.54) is 11.5 Å². The fourth-order valence-electron chi connectivity index (χ4n) is 2.11.